The summed E-state index contributed by atoms with van der Waals surface area (Å²) in [6.07, 6.45) is -3.73. The molecule has 0 bridgehead atoms. The largest absolute Gasteiger partial charge is 0.417 e. The molecule has 3 rings (SSSR count). The lowest BCUT2D eigenvalue weighted by Crippen LogP contribution is -2.18. The van der Waals surface area contributed by atoms with Gasteiger partial charge in [0.15, 0.2) is 0 Å². The fourth-order valence-corrected chi connectivity index (χ4v) is 2.98. The zero-order valence-electron chi connectivity index (χ0n) is 14.8. The zero-order valence-corrected chi connectivity index (χ0v) is 15.5. The highest BCUT2D eigenvalue weighted by Crippen LogP contribution is 2.32. The Bertz CT molecular complexity index is 965. The van der Waals surface area contributed by atoms with E-state index in [4.69, 9.17) is 22.1 Å². The van der Waals surface area contributed by atoms with Crippen molar-refractivity contribution in [3.8, 4) is 0 Å². The van der Waals surface area contributed by atoms with Gasteiger partial charge in [-0.15, -0.1) is 0 Å². The summed E-state index contributed by atoms with van der Waals surface area (Å²) in [4.78, 5) is 20.1. The van der Waals surface area contributed by atoms with Crippen molar-refractivity contribution in [2.75, 3.05) is 18.5 Å². The molecular formula is C18H15ClF4N4O2. The summed E-state index contributed by atoms with van der Waals surface area (Å²) >= 11 is 5.78. The number of anilines is 1. The molecule has 1 unspecified atom stereocenters. The molecule has 11 heteroatoms. The number of aliphatic imine (C=N–C) groups is 1. The van der Waals surface area contributed by atoms with Crippen molar-refractivity contribution in [3.63, 3.8) is 0 Å². The summed E-state index contributed by atoms with van der Waals surface area (Å²) in [7, 11) is 0. The number of pyridine rings is 1. The number of nitrogens with zero attached hydrogens (tertiary/aromatic N) is 2. The number of benzene rings is 1. The molecule has 3 N–H and O–H groups in total. The lowest BCUT2D eigenvalue weighted by atomic mass is 10.0. The Hall–Kier alpha value is -2.72. The van der Waals surface area contributed by atoms with E-state index in [1.54, 1.807) is 0 Å². The van der Waals surface area contributed by atoms with Crippen molar-refractivity contribution >= 4 is 29.0 Å². The minimum atomic E-state index is -4.64. The van der Waals surface area contributed by atoms with Crippen molar-refractivity contribution in [2.45, 2.75) is 18.6 Å². The molecule has 0 saturated carbocycles. The van der Waals surface area contributed by atoms with Gasteiger partial charge in [0.05, 0.1) is 16.6 Å². The molecule has 1 amide bonds. The Kier molecular flexibility index (Phi) is 6.04. The smallest absolute Gasteiger partial charge is 0.386 e. The second-order valence-corrected chi connectivity index (χ2v) is 6.63. The lowest BCUT2D eigenvalue weighted by Gasteiger charge is -2.14. The number of nitrogens with two attached hydrogens (primary N) is 1. The van der Waals surface area contributed by atoms with Gasteiger partial charge in [0.2, 0.25) is 0 Å². The van der Waals surface area contributed by atoms with E-state index in [1.165, 1.54) is 12.1 Å². The summed E-state index contributed by atoms with van der Waals surface area (Å²) in [6.45, 7) is 0.475. The molecule has 154 valence electrons. The topological polar surface area (TPSA) is 89.6 Å². The third kappa shape index (κ3) is 5.01. The van der Waals surface area contributed by atoms with Gasteiger partial charge in [-0.3, -0.25) is 9.79 Å². The molecule has 1 aliphatic heterocycles. The van der Waals surface area contributed by atoms with Crippen LogP contribution < -0.4 is 11.1 Å². The van der Waals surface area contributed by atoms with Gasteiger partial charge < -0.3 is 15.8 Å². The van der Waals surface area contributed by atoms with Crippen LogP contribution in [0.1, 0.15) is 34.1 Å². The van der Waals surface area contributed by atoms with E-state index < -0.39 is 40.2 Å². The Morgan fingerprint density at radius 1 is 1.31 bits per heavy atom. The highest BCUT2D eigenvalue weighted by molar-refractivity contribution is 6.34. The molecule has 6 nitrogen and oxygen atoms in total. The molecule has 0 spiro atoms. The summed E-state index contributed by atoms with van der Waals surface area (Å²) in [5, 5.41) is 1.99. The third-order valence-electron chi connectivity index (χ3n) is 4.10. The van der Waals surface area contributed by atoms with Gasteiger partial charge in [-0.2, -0.15) is 13.2 Å². The molecule has 0 radical (unpaired) electrons. The van der Waals surface area contributed by atoms with Crippen molar-refractivity contribution in [1.82, 2.24) is 4.98 Å². The van der Waals surface area contributed by atoms with Crippen LogP contribution in [-0.2, 0) is 10.9 Å². The molecule has 2 aromatic rings. The van der Waals surface area contributed by atoms with Crippen LogP contribution in [0.25, 0.3) is 0 Å². The summed E-state index contributed by atoms with van der Waals surface area (Å²) in [6, 6.07) is 3.84. The van der Waals surface area contributed by atoms with E-state index in [9.17, 15) is 22.4 Å². The average Bonchev–Trinajstić information content (AvgIpc) is 2.86. The molecule has 1 aromatic heterocycles. The quantitative estimate of drug-likeness (QED) is 0.721. The van der Waals surface area contributed by atoms with Crippen LogP contribution in [0.15, 0.2) is 35.5 Å². The van der Waals surface area contributed by atoms with Crippen LogP contribution >= 0.6 is 11.6 Å². The number of hydrogen-bond donors (Lipinski definition) is 2. The van der Waals surface area contributed by atoms with E-state index in [0.717, 1.165) is 6.07 Å². The van der Waals surface area contributed by atoms with Gasteiger partial charge >= 0.3 is 6.18 Å². The number of amides is 1. The number of amidine groups is 1. The van der Waals surface area contributed by atoms with Crippen LogP contribution in [0, 0.1) is 5.82 Å². The maximum atomic E-state index is 14.3. The standard InChI is InChI=1S/C18H15ClF4N4O2/c19-12-5-9(18(21,22)23)7-25-16(12)17(28)26-10-1-2-13(20)11(6-10)14-3-4-29-8-15(24)27-14/h1-2,5-7,14H,3-4,8H2,(H2,24,27)(H,26,28). The van der Waals surface area contributed by atoms with Gasteiger partial charge in [-0.05, 0) is 30.7 Å². The zero-order chi connectivity index (χ0) is 21.2. The maximum Gasteiger partial charge on any atom is 0.417 e. The second kappa shape index (κ2) is 8.34. The Balaban J connectivity index is 1.84. The molecule has 29 heavy (non-hydrogen) atoms. The molecule has 0 fully saturated rings. The molecule has 1 aliphatic rings. The molecule has 0 aliphatic carbocycles. The number of carbonyl (C=O) groups is 1. The molecule has 1 atom stereocenters. The van der Waals surface area contributed by atoms with Gasteiger partial charge in [-0.1, -0.05) is 11.6 Å². The minimum absolute atomic E-state index is 0.145. The van der Waals surface area contributed by atoms with Gasteiger partial charge in [0.25, 0.3) is 5.91 Å². The Morgan fingerprint density at radius 2 is 2.07 bits per heavy atom. The number of nitrogens with one attached hydrogen (secondary N) is 1. The first kappa shape index (κ1) is 21.0. The highest BCUT2D eigenvalue weighted by atomic mass is 35.5. The first-order chi connectivity index (χ1) is 13.6. The van der Waals surface area contributed by atoms with Crippen LogP contribution in [0.4, 0.5) is 23.2 Å². The van der Waals surface area contributed by atoms with E-state index in [2.05, 4.69) is 15.3 Å². The predicted molar refractivity (Wildman–Crippen MR) is 98.4 cm³/mol. The summed E-state index contributed by atoms with van der Waals surface area (Å²) in [5.74, 6) is -1.16. The first-order valence-corrected chi connectivity index (χ1v) is 8.76. The maximum absolute atomic E-state index is 14.3. The highest BCUT2D eigenvalue weighted by Gasteiger charge is 2.32. The van der Waals surface area contributed by atoms with E-state index in [-0.39, 0.29) is 23.7 Å². The van der Waals surface area contributed by atoms with Crippen molar-refractivity contribution in [2.24, 2.45) is 10.7 Å². The van der Waals surface area contributed by atoms with Gasteiger partial charge in [0.1, 0.15) is 24.0 Å². The van der Waals surface area contributed by atoms with Crippen LogP contribution in [0.5, 0.6) is 0 Å². The Morgan fingerprint density at radius 3 is 2.76 bits per heavy atom. The van der Waals surface area contributed by atoms with Crippen molar-refractivity contribution in [3.05, 3.63) is 58.1 Å². The van der Waals surface area contributed by atoms with Crippen LogP contribution in [-0.4, -0.2) is 29.9 Å². The van der Waals surface area contributed by atoms with Crippen LogP contribution in [0.3, 0.4) is 0 Å². The van der Waals surface area contributed by atoms with Crippen molar-refractivity contribution in [1.29, 1.82) is 0 Å². The summed E-state index contributed by atoms with van der Waals surface area (Å²) < 4.78 is 57.6. The van der Waals surface area contributed by atoms with Crippen LogP contribution in [0.2, 0.25) is 5.02 Å². The lowest BCUT2D eigenvalue weighted by molar-refractivity contribution is -0.137. The number of alkyl halides is 3. The van der Waals surface area contributed by atoms with Crippen molar-refractivity contribution < 1.29 is 27.1 Å². The Labute approximate surface area is 167 Å². The monoisotopic (exact) mass is 430 g/mol. The first-order valence-electron chi connectivity index (χ1n) is 8.38. The molecule has 2 heterocycles. The minimum Gasteiger partial charge on any atom is -0.386 e. The second-order valence-electron chi connectivity index (χ2n) is 6.22. The predicted octanol–water partition coefficient (Wildman–Crippen LogP) is 3.96. The molecule has 1 aromatic carbocycles. The fraction of sp³-hybridized carbons (Fsp3) is 0.278. The number of rotatable bonds is 3. The number of hydrogen-bond acceptors (Lipinski definition) is 5. The summed E-state index contributed by atoms with van der Waals surface area (Å²) in [5.41, 5.74) is 4.62. The van der Waals surface area contributed by atoms with Gasteiger partial charge in [-0.25, -0.2) is 9.37 Å². The van der Waals surface area contributed by atoms with E-state index in [1.807, 2.05) is 0 Å². The van der Waals surface area contributed by atoms with Gasteiger partial charge in [0, 0.05) is 24.1 Å². The average molecular weight is 431 g/mol. The normalized spacial score (nSPS) is 17.4. The molecule has 0 saturated heterocycles. The fourth-order valence-electron chi connectivity index (χ4n) is 2.73. The number of carbonyl (C=O) groups excluding carboxylic acids is 1. The van der Waals surface area contributed by atoms with E-state index >= 15 is 0 Å². The SMILES string of the molecule is NC1=NC(c2cc(NC(=O)c3ncc(C(F)(F)F)cc3Cl)ccc2F)CCOC1. The number of aromatic nitrogens is 1. The van der Waals surface area contributed by atoms with E-state index in [0.29, 0.717) is 25.3 Å². The molecular weight excluding hydrogens is 416 g/mol. The number of halogens is 5. The third-order valence-corrected chi connectivity index (χ3v) is 4.39. The number of ether oxygens (including phenoxy) is 1.